The van der Waals surface area contributed by atoms with Gasteiger partial charge in [-0.05, 0) is 31.4 Å². The summed E-state index contributed by atoms with van der Waals surface area (Å²) in [6.45, 7) is 8.20. The van der Waals surface area contributed by atoms with E-state index in [9.17, 15) is 0 Å². The van der Waals surface area contributed by atoms with Gasteiger partial charge < -0.3 is 14.8 Å². The van der Waals surface area contributed by atoms with Crippen molar-refractivity contribution in [1.29, 1.82) is 0 Å². The molecule has 1 aromatic rings. The third-order valence-electron chi connectivity index (χ3n) is 4.14. The third-order valence-corrected chi connectivity index (χ3v) is 4.14. The Kier molecular flexibility index (Phi) is 5.44. The lowest BCUT2D eigenvalue weighted by molar-refractivity contribution is 0.0488. The van der Waals surface area contributed by atoms with Crippen LogP contribution in [0, 0.1) is 5.92 Å². The van der Waals surface area contributed by atoms with E-state index in [4.69, 9.17) is 9.47 Å². The van der Waals surface area contributed by atoms with Crippen molar-refractivity contribution in [3.63, 3.8) is 0 Å². The quantitative estimate of drug-likeness (QED) is 0.867. The summed E-state index contributed by atoms with van der Waals surface area (Å²) in [5.74, 6) is 1.67. The molecule has 1 N–H and O–H groups in total. The van der Waals surface area contributed by atoms with Gasteiger partial charge in [0.05, 0.1) is 7.11 Å². The van der Waals surface area contributed by atoms with Crippen LogP contribution in [0.1, 0.15) is 32.3 Å². The lowest BCUT2D eigenvalue weighted by Gasteiger charge is -2.39. The summed E-state index contributed by atoms with van der Waals surface area (Å²) in [6.07, 6.45) is 2.11. The van der Waals surface area contributed by atoms with E-state index in [2.05, 4.69) is 37.4 Å². The molecular weight excluding hydrogens is 250 g/mol. The lowest BCUT2D eigenvalue weighted by atomic mass is 9.73. The van der Waals surface area contributed by atoms with Crippen molar-refractivity contribution in [1.82, 2.24) is 5.32 Å². The van der Waals surface area contributed by atoms with E-state index in [1.807, 2.05) is 6.07 Å². The topological polar surface area (TPSA) is 30.5 Å². The van der Waals surface area contributed by atoms with Gasteiger partial charge in [-0.25, -0.2) is 0 Å². The molecule has 0 unspecified atom stereocenters. The Morgan fingerprint density at radius 3 is 2.60 bits per heavy atom. The SMILES string of the molecule is COc1ccccc1C1(CNCC(C)C)CCOCC1. The van der Waals surface area contributed by atoms with Gasteiger partial charge in [-0.15, -0.1) is 0 Å². The first kappa shape index (κ1) is 15.3. The van der Waals surface area contributed by atoms with Crippen molar-refractivity contribution in [2.45, 2.75) is 32.1 Å². The first-order valence-corrected chi connectivity index (χ1v) is 7.60. The van der Waals surface area contributed by atoms with Gasteiger partial charge in [-0.3, -0.25) is 0 Å². The van der Waals surface area contributed by atoms with E-state index in [1.54, 1.807) is 7.11 Å². The average Bonchev–Trinajstić information content (AvgIpc) is 2.48. The number of hydrogen-bond acceptors (Lipinski definition) is 3. The Morgan fingerprint density at radius 2 is 1.95 bits per heavy atom. The van der Waals surface area contributed by atoms with Crippen molar-refractivity contribution in [2.75, 3.05) is 33.4 Å². The van der Waals surface area contributed by atoms with Crippen LogP contribution >= 0.6 is 0 Å². The second-order valence-corrected chi connectivity index (χ2v) is 6.12. The molecule has 2 rings (SSSR count). The smallest absolute Gasteiger partial charge is 0.122 e. The molecule has 1 fully saturated rings. The lowest BCUT2D eigenvalue weighted by Crippen LogP contribution is -2.43. The largest absolute Gasteiger partial charge is 0.496 e. The van der Waals surface area contributed by atoms with Crippen LogP contribution in [-0.2, 0) is 10.2 Å². The van der Waals surface area contributed by atoms with E-state index in [0.717, 1.165) is 44.9 Å². The Labute approximate surface area is 122 Å². The molecule has 20 heavy (non-hydrogen) atoms. The predicted molar refractivity (Wildman–Crippen MR) is 82.4 cm³/mol. The summed E-state index contributed by atoms with van der Waals surface area (Å²) in [4.78, 5) is 0. The van der Waals surface area contributed by atoms with E-state index in [-0.39, 0.29) is 5.41 Å². The second kappa shape index (κ2) is 7.09. The van der Waals surface area contributed by atoms with Crippen LogP contribution in [0.4, 0.5) is 0 Å². The van der Waals surface area contributed by atoms with Gasteiger partial charge in [-0.2, -0.15) is 0 Å². The fraction of sp³-hybridized carbons (Fsp3) is 0.647. The van der Waals surface area contributed by atoms with Gasteiger partial charge in [-0.1, -0.05) is 32.0 Å². The van der Waals surface area contributed by atoms with Gasteiger partial charge in [0.1, 0.15) is 5.75 Å². The molecule has 0 bridgehead atoms. The maximum absolute atomic E-state index is 5.58. The maximum atomic E-state index is 5.58. The second-order valence-electron chi connectivity index (χ2n) is 6.12. The number of para-hydroxylation sites is 1. The molecular formula is C17H27NO2. The average molecular weight is 277 g/mol. The molecule has 0 atom stereocenters. The fourth-order valence-electron chi connectivity index (χ4n) is 2.99. The molecule has 1 heterocycles. The molecule has 0 radical (unpaired) electrons. The standard InChI is InChI=1S/C17H27NO2/c1-14(2)12-18-13-17(8-10-20-11-9-17)15-6-4-5-7-16(15)19-3/h4-7,14,18H,8-13H2,1-3H3. The minimum Gasteiger partial charge on any atom is -0.496 e. The number of nitrogens with one attached hydrogen (secondary N) is 1. The Hall–Kier alpha value is -1.06. The third kappa shape index (κ3) is 3.53. The molecule has 0 aromatic heterocycles. The summed E-state index contributed by atoms with van der Waals surface area (Å²) in [7, 11) is 1.76. The van der Waals surface area contributed by atoms with E-state index < -0.39 is 0 Å². The highest BCUT2D eigenvalue weighted by Crippen LogP contribution is 2.39. The van der Waals surface area contributed by atoms with Crippen molar-refractivity contribution in [3.05, 3.63) is 29.8 Å². The molecule has 1 aliphatic rings. The number of rotatable bonds is 6. The molecule has 3 nitrogen and oxygen atoms in total. The highest BCUT2D eigenvalue weighted by Gasteiger charge is 2.36. The van der Waals surface area contributed by atoms with Gasteiger partial charge in [0, 0.05) is 30.7 Å². The fourth-order valence-corrected chi connectivity index (χ4v) is 2.99. The van der Waals surface area contributed by atoms with Crippen LogP contribution in [0.15, 0.2) is 24.3 Å². The number of hydrogen-bond donors (Lipinski definition) is 1. The summed E-state index contributed by atoms with van der Waals surface area (Å²) in [6, 6.07) is 8.42. The van der Waals surface area contributed by atoms with Crippen molar-refractivity contribution in [2.24, 2.45) is 5.92 Å². The van der Waals surface area contributed by atoms with Gasteiger partial charge in [0.25, 0.3) is 0 Å². The van der Waals surface area contributed by atoms with E-state index in [0.29, 0.717) is 5.92 Å². The minimum absolute atomic E-state index is 0.139. The first-order valence-electron chi connectivity index (χ1n) is 7.60. The summed E-state index contributed by atoms with van der Waals surface area (Å²) in [5.41, 5.74) is 1.46. The normalized spacial score (nSPS) is 18.2. The van der Waals surface area contributed by atoms with Crippen molar-refractivity contribution in [3.8, 4) is 5.75 Å². The zero-order valence-electron chi connectivity index (χ0n) is 12.9. The Morgan fingerprint density at radius 1 is 1.25 bits per heavy atom. The van der Waals surface area contributed by atoms with Crippen molar-refractivity contribution < 1.29 is 9.47 Å². The highest BCUT2D eigenvalue weighted by atomic mass is 16.5. The van der Waals surface area contributed by atoms with E-state index >= 15 is 0 Å². The zero-order chi connectivity index (χ0) is 14.4. The molecule has 112 valence electrons. The Bertz CT molecular complexity index is 411. The Balaban J connectivity index is 2.21. The molecule has 1 aromatic carbocycles. The predicted octanol–water partition coefficient (Wildman–Crippen LogP) is 2.99. The molecule has 3 heteroatoms. The molecule has 0 saturated carbocycles. The van der Waals surface area contributed by atoms with Crippen LogP contribution in [0.5, 0.6) is 5.75 Å². The number of methoxy groups -OCH3 is 1. The monoisotopic (exact) mass is 277 g/mol. The molecule has 0 spiro atoms. The van der Waals surface area contributed by atoms with Crippen LogP contribution in [0.25, 0.3) is 0 Å². The number of ether oxygens (including phenoxy) is 2. The molecule has 1 aliphatic heterocycles. The van der Waals surface area contributed by atoms with Crippen LogP contribution < -0.4 is 10.1 Å². The van der Waals surface area contributed by atoms with Gasteiger partial charge >= 0.3 is 0 Å². The maximum Gasteiger partial charge on any atom is 0.122 e. The zero-order valence-corrected chi connectivity index (χ0v) is 12.9. The van der Waals surface area contributed by atoms with Crippen LogP contribution in [0.3, 0.4) is 0 Å². The summed E-state index contributed by atoms with van der Waals surface area (Å²) < 4.78 is 11.2. The van der Waals surface area contributed by atoms with Gasteiger partial charge in [0.15, 0.2) is 0 Å². The van der Waals surface area contributed by atoms with Crippen LogP contribution in [-0.4, -0.2) is 33.4 Å². The highest BCUT2D eigenvalue weighted by molar-refractivity contribution is 5.40. The summed E-state index contributed by atoms with van der Waals surface area (Å²) >= 11 is 0. The minimum atomic E-state index is 0.139. The molecule has 0 aliphatic carbocycles. The van der Waals surface area contributed by atoms with E-state index in [1.165, 1.54) is 5.56 Å². The number of benzene rings is 1. The molecule has 1 saturated heterocycles. The first-order chi connectivity index (χ1) is 9.68. The van der Waals surface area contributed by atoms with Gasteiger partial charge in [0.2, 0.25) is 0 Å². The molecule has 0 amide bonds. The van der Waals surface area contributed by atoms with Crippen LogP contribution in [0.2, 0.25) is 0 Å². The summed E-state index contributed by atoms with van der Waals surface area (Å²) in [5, 5.41) is 3.63. The van der Waals surface area contributed by atoms with Crippen molar-refractivity contribution >= 4 is 0 Å².